The summed E-state index contributed by atoms with van der Waals surface area (Å²) in [6.45, 7) is 0. The molecule has 6 nitrogen and oxygen atoms in total. The van der Waals surface area contributed by atoms with Crippen LogP contribution in [0.2, 0.25) is 5.02 Å². The fourth-order valence-corrected chi connectivity index (χ4v) is 4.10. The highest BCUT2D eigenvalue weighted by Crippen LogP contribution is 2.42. The summed E-state index contributed by atoms with van der Waals surface area (Å²) in [4.78, 5) is 27.5. The summed E-state index contributed by atoms with van der Waals surface area (Å²) in [5, 5.41) is 11.4. The van der Waals surface area contributed by atoms with Gasteiger partial charge in [0.1, 0.15) is 29.1 Å². The Bertz CT molecular complexity index is 1380. The van der Waals surface area contributed by atoms with Crippen molar-refractivity contribution in [1.29, 1.82) is 0 Å². The van der Waals surface area contributed by atoms with Crippen molar-refractivity contribution >= 4 is 34.7 Å². The van der Waals surface area contributed by atoms with Crippen LogP contribution in [0.1, 0.15) is 17.4 Å². The van der Waals surface area contributed by atoms with E-state index in [-0.39, 0.29) is 11.3 Å². The summed E-state index contributed by atoms with van der Waals surface area (Å²) in [6, 6.07) is 24.9. The van der Waals surface area contributed by atoms with E-state index in [0.29, 0.717) is 33.5 Å². The Morgan fingerprint density at radius 1 is 0.882 bits per heavy atom. The predicted molar refractivity (Wildman–Crippen MR) is 128 cm³/mol. The maximum atomic E-state index is 13.1. The molecule has 1 aliphatic rings. The first kappa shape index (κ1) is 21.6. The normalized spacial score (nSPS) is 17.2. The average Bonchev–Trinajstić information content (AvgIpc) is 3.47. The number of ketones is 1. The summed E-state index contributed by atoms with van der Waals surface area (Å²) < 4.78 is 11.4. The molecule has 1 aromatic heterocycles. The van der Waals surface area contributed by atoms with Crippen LogP contribution in [0.3, 0.4) is 0 Å². The zero-order chi connectivity index (χ0) is 23.7. The third-order valence-corrected chi connectivity index (χ3v) is 5.68. The molecule has 7 heteroatoms. The molecule has 1 unspecified atom stereocenters. The third kappa shape index (κ3) is 3.95. The zero-order valence-corrected chi connectivity index (χ0v) is 18.5. The second-order valence-corrected chi connectivity index (χ2v) is 8.04. The Morgan fingerprint density at radius 3 is 2.29 bits per heavy atom. The van der Waals surface area contributed by atoms with Gasteiger partial charge in [-0.05, 0) is 60.7 Å². The summed E-state index contributed by atoms with van der Waals surface area (Å²) in [7, 11) is 0. The van der Waals surface area contributed by atoms with Gasteiger partial charge in [-0.1, -0.05) is 41.9 Å². The summed E-state index contributed by atoms with van der Waals surface area (Å²) in [5.74, 6) is -0.334. The number of ether oxygens (including phenoxy) is 1. The first-order valence-corrected chi connectivity index (χ1v) is 10.8. The van der Waals surface area contributed by atoms with Crippen molar-refractivity contribution in [3.8, 4) is 11.5 Å². The van der Waals surface area contributed by atoms with Crippen LogP contribution in [-0.4, -0.2) is 16.8 Å². The molecule has 3 aromatic carbocycles. The zero-order valence-electron chi connectivity index (χ0n) is 17.7. The minimum atomic E-state index is -0.949. The number of nitrogens with zero attached hydrogens (tertiary/aromatic N) is 1. The highest BCUT2D eigenvalue weighted by atomic mass is 35.5. The average molecular weight is 472 g/mol. The van der Waals surface area contributed by atoms with Gasteiger partial charge in [-0.3, -0.25) is 14.5 Å². The van der Waals surface area contributed by atoms with E-state index in [4.69, 9.17) is 20.8 Å². The van der Waals surface area contributed by atoms with E-state index in [1.54, 1.807) is 54.6 Å². The van der Waals surface area contributed by atoms with E-state index in [0.717, 1.165) is 0 Å². The molecule has 1 fully saturated rings. The van der Waals surface area contributed by atoms with E-state index < -0.39 is 17.7 Å². The van der Waals surface area contributed by atoms with E-state index >= 15 is 0 Å². The molecular weight excluding hydrogens is 454 g/mol. The van der Waals surface area contributed by atoms with Gasteiger partial charge < -0.3 is 14.3 Å². The van der Waals surface area contributed by atoms with Gasteiger partial charge in [-0.15, -0.1) is 0 Å². The van der Waals surface area contributed by atoms with Crippen molar-refractivity contribution in [2.75, 3.05) is 4.90 Å². The minimum Gasteiger partial charge on any atom is -0.507 e. The van der Waals surface area contributed by atoms with Crippen LogP contribution in [0.4, 0.5) is 5.69 Å². The number of carbonyl (C=O) groups is 2. The number of hydrogen-bond acceptors (Lipinski definition) is 5. The largest absolute Gasteiger partial charge is 0.507 e. The molecular formula is C27H18ClNO5. The topological polar surface area (TPSA) is 80.0 Å². The molecule has 0 radical (unpaired) electrons. The number of halogens is 1. The molecule has 0 bridgehead atoms. The van der Waals surface area contributed by atoms with Crippen LogP contribution in [0.5, 0.6) is 11.5 Å². The van der Waals surface area contributed by atoms with Crippen LogP contribution in [0.15, 0.2) is 107 Å². The minimum absolute atomic E-state index is 0.0770. The van der Waals surface area contributed by atoms with E-state index in [2.05, 4.69) is 0 Å². The Balaban J connectivity index is 1.56. The lowest BCUT2D eigenvalue weighted by atomic mass is 9.99. The van der Waals surface area contributed by atoms with Gasteiger partial charge in [0, 0.05) is 16.3 Å². The SMILES string of the molecule is O=C1C(=O)N(c2ccc(Oc3ccccc3)cc2)C(c2ccco2)/C1=C(/O)c1cccc(Cl)c1. The fraction of sp³-hybridized carbons (Fsp3) is 0.0370. The second-order valence-electron chi connectivity index (χ2n) is 7.60. The van der Waals surface area contributed by atoms with Crippen LogP contribution < -0.4 is 9.64 Å². The quantitative estimate of drug-likeness (QED) is 0.208. The van der Waals surface area contributed by atoms with Crippen molar-refractivity contribution in [2.45, 2.75) is 6.04 Å². The van der Waals surface area contributed by atoms with Gasteiger partial charge in [0.15, 0.2) is 0 Å². The standard InChI is InChI=1S/C27H18ClNO5/c28-18-7-4-6-17(16-18)25(30)23-24(22-10-5-15-33-22)29(27(32)26(23)31)19-11-13-21(14-12-19)34-20-8-2-1-3-9-20/h1-16,24,30H/b25-23-. The molecule has 1 saturated heterocycles. The maximum absolute atomic E-state index is 13.1. The monoisotopic (exact) mass is 471 g/mol. The van der Waals surface area contributed by atoms with Crippen LogP contribution in [-0.2, 0) is 9.59 Å². The Hall–Kier alpha value is -4.29. The summed E-state index contributed by atoms with van der Waals surface area (Å²) in [6.07, 6.45) is 1.45. The lowest BCUT2D eigenvalue weighted by Crippen LogP contribution is -2.29. The van der Waals surface area contributed by atoms with E-state index in [1.165, 1.54) is 17.2 Å². The number of carbonyl (C=O) groups excluding carboxylic acids is 2. The van der Waals surface area contributed by atoms with Crippen LogP contribution in [0.25, 0.3) is 5.76 Å². The maximum Gasteiger partial charge on any atom is 0.300 e. The van der Waals surface area contributed by atoms with Gasteiger partial charge in [0.25, 0.3) is 11.7 Å². The highest BCUT2D eigenvalue weighted by molar-refractivity contribution is 6.51. The molecule has 1 N–H and O–H groups in total. The van der Waals surface area contributed by atoms with Gasteiger partial charge >= 0.3 is 0 Å². The molecule has 4 aromatic rings. The van der Waals surface area contributed by atoms with Crippen molar-refractivity contribution in [3.63, 3.8) is 0 Å². The molecule has 0 spiro atoms. The van der Waals surface area contributed by atoms with Gasteiger partial charge in [-0.2, -0.15) is 0 Å². The summed E-state index contributed by atoms with van der Waals surface area (Å²) >= 11 is 6.07. The first-order valence-electron chi connectivity index (χ1n) is 10.5. The fourth-order valence-electron chi connectivity index (χ4n) is 3.91. The molecule has 1 atom stereocenters. The summed E-state index contributed by atoms with van der Waals surface area (Å²) in [5.41, 5.74) is 0.703. The molecule has 1 amide bonds. The molecule has 5 rings (SSSR count). The lowest BCUT2D eigenvalue weighted by Gasteiger charge is -2.23. The number of aliphatic hydroxyl groups excluding tert-OH is 1. The van der Waals surface area contributed by atoms with Crippen molar-refractivity contribution < 1.29 is 23.8 Å². The third-order valence-electron chi connectivity index (χ3n) is 5.45. The molecule has 2 heterocycles. The number of para-hydroxylation sites is 1. The Labute approximate surface area is 200 Å². The molecule has 0 aliphatic carbocycles. The highest BCUT2D eigenvalue weighted by Gasteiger charge is 2.48. The number of aliphatic hydroxyl groups is 1. The second kappa shape index (κ2) is 8.92. The van der Waals surface area contributed by atoms with Crippen molar-refractivity contribution in [1.82, 2.24) is 0 Å². The van der Waals surface area contributed by atoms with Crippen molar-refractivity contribution in [3.05, 3.63) is 119 Å². The number of anilines is 1. The lowest BCUT2D eigenvalue weighted by molar-refractivity contribution is -0.132. The Morgan fingerprint density at radius 2 is 1.62 bits per heavy atom. The predicted octanol–water partition coefficient (Wildman–Crippen LogP) is 6.35. The number of rotatable bonds is 5. The van der Waals surface area contributed by atoms with Crippen LogP contribution >= 0.6 is 11.6 Å². The van der Waals surface area contributed by atoms with Gasteiger partial charge in [0.05, 0.1) is 11.8 Å². The van der Waals surface area contributed by atoms with E-state index in [1.807, 2.05) is 30.3 Å². The Kier molecular flexibility index (Phi) is 5.65. The van der Waals surface area contributed by atoms with Crippen LogP contribution in [0, 0.1) is 0 Å². The number of furan rings is 1. The van der Waals surface area contributed by atoms with Gasteiger partial charge in [-0.25, -0.2) is 0 Å². The van der Waals surface area contributed by atoms with E-state index in [9.17, 15) is 14.7 Å². The number of hydrogen-bond donors (Lipinski definition) is 1. The molecule has 0 saturated carbocycles. The smallest absolute Gasteiger partial charge is 0.300 e. The number of amides is 1. The number of benzene rings is 3. The van der Waals surface area contributed by atoms with Crippen molar-refractivity contribution in [2.24, 2.45) is 0 Å². The van der Waals surface area contributed by atoms with Gasteiger partial charge in [0.2, 0.25) is 0 Å². The molecule has 34 heavy (non-hydrogen) atoms. The first-order chi connectivity index (χ1) is 16.5. The molecule has 168 valence electrons. The number of Topliss-reactive ketones (excluding diaryl/α,β-unsaturated/α-hetero) is 1. The molecule has 1 aliphatic heterocycles.